The van der Waals surface area contributed by atoms with Gasteiger partial charge in [-0.05, 0) is 29.8 Å². The Morgan fingerprint density at radius 3 is 2.68 bits per heavy atom. The van der Waals surface area contributed by atoms with E-state index in [1.165, 1.54) is 0 Å². The van der Waals surface area contributed by atoms with Gasteiger partial charge in [0.05, 0.1) is 38.9 Å². The summed E-state index contributed by atoms with van der Waals surface area (Å²) in [4.78, 5) is 0.604. The Balaban J connectivity index is 2.26. The van der Waals surface area contributed by atoms with E-state index in [0.29, 0.717) is 21.2 Å². The highest BCUT2D eigenvalue weighted by Gasteiger charge is 2.09. The van der Waals surface area contributed by atoms with Crippen LogP contribution >= 0.6 is 11.6 Å². The monoisotopic (exact) mass is 290 g/mol. The molecule has 5 heteroatoms. The maximum absolute atomic E-state index is 12.2. The third-order valence-corrected chi connectivity index (χ3v) is 4.34. The van der Waals surface area contributed by atoms with Gasteiger partial charge in [-0.25, -0.2) is 0 Å². The largest absolute Gasteiger partial charge is 0.398 e. The summed E-state index contributed by atoms with van der Waals surface area (Å²) in [6.45, 7) is 0. The van der Waals surface area contributed by atoms with Crippen molar-refractivity contribution in [3.05, 3.63) is 58.6 Å². The molecule has 2 aromatic carbocycles. The summed E-state index contributed by atoms with van der Waals surface area (Å²) in [5.74, 6) is 0.282. The van der Waals surface area contributed by atoms with E-state index in [4.69, 9.17) is 22.6 Å². The molecule has 2 N–H and O–H groups in total. The fourth-order valence-electron chi connectivity index (χ4n) is 1.63. The van der Waals surface area contributed by atoms with Crippen molar-refractivity contribution in [3.63, 3.8) is 0 Å². The molecule has 0 saturated heterocycles. The quantitative estimate of drug-likeness (QED) is 0.883. The predicted octanol–water partition coefficient (Wildman–Crippen LogP) is 3.10. The van der Waals surface area contributed by atoms with Crippen LogP contribution in [0.25, 0.3) is 0 Å². The number of nitrogens with two attached hydrogens (primary N) is 1. The topological polar surface area (TPSA) is 66.9 Å². The van der Waals surface area contributed by atoms with E-state index in [9.17, 15) is 4.21 Å². The highest BCUT2D eigenvalue weighted by atomic mass is 35.5. The van der Waals surface area contributed by atoms with Crippen molar-refractivity contribution in [3.8, 4) is 6.07 Å². The number of nitrogen functional groups attached to an aromatic ring is 1. The van der Waals surface area contributed by atoms with E-state index in [0.717, 1.165) is 5.56 Å². The van der Waals surface area contributed by atoms with Crippen molar-refractivity contribution in [2.75, 3.05) is 5.73 Å². The van der Waals surface area contributed by atoms with Crippen LogP contribution in [-0.2, 0) is 16.6 Å². The number of anilines is 1. The normalized spacial score (nSPS) is 11.8. The van der Waals surface area contributed by atoms with Crippen molar-refractivity contribution < 1.29 is 4.21 Å². The van der Waals surface area contributed by atoms with E-state index in [2.05, 4.69) is 6.07 Å². The Bertz CT molecular complexity index is 679. The van der Waals surface area contributed by atoms with E-state index in [-0.39, 0.29) is 5.75 Å². The number of halogens is 1. The third-order valence-electron chi connectivity index (χ3n) is 2.66. The summed E-state index contributed by atoms with van der Waals surface area (Å²) in [6, 6.07) is 14.1. The summed E-state index contributed by atoms with van der Waals surface area (Å²) >= 11 is 5.91. The van der Waals surface area contributed by atoms with E-state index >= 15 is 0 Å². The van der Waals surface area contributed by atoms with Gasteiger partial charge in [-0.1, -0.05) is 29.8 Å². The summed E-state index contributed by atoms with van der Waals surface area (Å²) in [6.07, 6.45) is 0. The average Bonchev–Trinajstić information content (AvgIpc) is 2.42. The standard InChI is InChI=1S/C14H11ClN2OS/c15-13-7-12(5-6-14(13)17)19(18)9-11-4-2-1-3-10(11)8-16/h1-7H,9,17H2. The molecule has 0 radical (unpaired) electrons. The molecule has 0 heterocycles. The molecule has 2 aromatic rings. The summed E-state index contributed by atoms with van der Waals surface area (Å²) in [7, 11) is -1.26. The van der Waals surface area contributed by atoms with Crippen LogP contribution in [0.3, 0.4) is 0 Å². The number of nitrogens with zero attached hydrogens (tertiary/aromatic N) is 1. The Kier molecular flexibility index (Phi) is 4.20. The zero-order valence-electron chi connectivity index (χ0n) is 9.97. The summed E-state index contributed by atoms with van der Waals surface area (Å²) in [5, 5.41) is 9.38. The molecule has 2 rings (SSSR count). The molecule has 0 bridgehead atoms. The molecule has 1 unspecified atom stereocenters. The first kappa shape index (κ1) is 13.6. The van der Waals surface area contributed by atoms with Gasteiger partial charge in [0, 0.05) is 4.90 Å². The molecular formula is C14H11ClN2OS. The van der Waals surface area contributed by atoms with Crippen molar-refractivity contribution in [2.24, 2.45) is 0 Å². The lowest BCUT2D eigenvalue weighted by atomic mass is 10.1. The molecule has 0 aliphatic carbocycles. The van der Waals surface area contributed by atoms with Crippen LogP contribution in [0.2, 0.25) is 5.02 Å². The molecule has 0 aliphatic heterocycles. The molecule has 3 nitrogen and oxygen atoms in total. The zero-order valence-corrected chi connectivity index (χ0v) is 11.5. The fourth-order valence-corrected chi connectivity index (χ4v) is 3.04. The third kappa shape index (κ3) is 3.14. The molecule has 0 fully saturated rings. The second-order valence-electron chi connectivity index (χ2n) is 3.94. The molecular weight excluding hydrogens is 280 g/mol. The average molecular weight is 291 g/mol. The first-order valence-corrected chi connectivity index (χ1v) is 7.23. The van der Waals surface area contributed by atoms with E-state index in [1.807, 2.05) is 6.07 Å². The van der Waals surface area contributed by atoms with Crippen molar-refractivity contribution in [2.45, 2.75) is 10.6 Å². The molecule has 0 spiro atoms. The van der Waals surface area contributed by atoms with Crippen LogP contribution in [0.15, 0.2) is 47.4 Å². The molecule has 1 atom stereocenters. The van der Waals surface area contributed by atoms with Crippen LogP contribution in [0.1, 0.15) is 11.1 Å². The molecule has 0 aromatic heterocycles. The number of rotatable bonds is 3. The van der Waals surface area contributed by atoms with Gasteiger partial charge in [0.15, 0.2) is 0 Å². The second-order valence-corrected chi connectivity index (χ2v) is 5.80. The zero-order chi connectivity index (χ0) is 13.8. The van der Waals surface area contributed by atoms with E-state index < -0.39 is 10.8 Å². The van der Waals surface area contributed by atoms with Gasteiger partial charge in [-0.3, -0.25) is 4.21 Å². The minimum atomic E-state index is -1.26. The highest BCUT2D eigenvalue weighted by molar-refractivity contribution is 7.84. The maximum atomic E-state index is 12.2. The summed E-state index contributed by atoms with van der Waals surface area (Å²) in [5.41, 5.74) is 7.37. The minimum absolute atomic E-state index is 0.282. The Labute approximate surface area is 119 Å². The van der Waals surface area contributed by atoms with Crippen LogP contribution in [0.5, 0.6) is 0 Å². The Hall–Kier alpha value is -1.83. The minimum Gasteiger partial charge on any atom is -0.398 e. The van der Waals surface area contributed by atoms with Gasteiger partial charge in [-0.15, -0.1) is 0 Å². The number of benzene rings is 2. The molecule has 0 amide bonds. The van der Waals surface area contributed by atoms with Gasteiger partial charge >= 0.3 is 0 Å². The smallest absolute Gasteiger partial charge is 0.0994 e. The van der Waals surface area contributed by atoms with Crippen molar-refractivity contribution in [1.82, 2.24) is 0 Å². The first-order chi connectivity index (χ1) is 9.11. The second kappa shape index (κ2) is 5.87. The highest BCUT2D eigenvalue weighted by Crippen LogP contribution is 2.23. The lowest BCUT2D eigenvalue weighted by Gasteiger charge is -2.06. The molecule has 19 heavy (non-hydrogen) atoms. The van der Waals surface area contributed by atoms with E-state index in [1.54, 1.807) is 36.4 Å². The lowest BCUT2D eigenvalue weighted by molar-refractivity contribution is 0.682. The van der Waals surface area contributed by atoms with Gasteiger partial charge < -0.3 is 5.73 Å². The van der Waals surface area contributed by atoms with Crippen molar-refractivity contribution >= 4 is 28.1 Å². The van der Waals surface area contributed by atoms with Gasteiger partial charge in [-0.2, -0.15) is 5.26 Å². The van der Waals surface area contributed by atoms with Gasteiger partial charge in [0.25, 0.3) is 0 Å². The molecule has 0 aliphatic rings. The van der Waals surface area contributed by atoms with Crippen LogP contribution in [-0.4, -0.2) is 4.21 Å². The predicted molar refractivity (Wildman–Crippen MR) is 77.1 cm³/mol. The molecule has 0 saturated carbocycles. The van der Waals surface area contributed by atoms with Crippen LogP contribution in [0.4, 0.5) is 5.69 Å². The van der Waals surface area contributed by atoms with Crippen LogP contribution in [0, 0.1) is 11.3 Å². The van der Waals surface area contributed by atoms with Gasteiger partial charge in [0.2, 0.25) is 0 Å². The number of hydrogen-bond acceptors (Lipinski definition) is 3. The Morgan fingerprint density at radius 1 is 1.26 bits per heavy atom. The summed E-state index contributed by atoms with van der Waals surface area (Å²) < 4.78 is 12.2. The Morgan fingerprint density at radius 2 is 2.00 bits per heavy atom. The van der Waals surface area contributed by atoms with Gasteiger partial charge in [0.1, 0.15) is 0 Å². The lowest BCUT2D eigenvalue weighted by Crippen LogP contribution is -1.99. The van der Waals surface area contributed by atoms with Crippen LogP contribution < -0.4 is 5.73 Å². The van der Waals surface area contributed by atoms with Crippen molar-refractivity contribution in [1.29, 1.82) is 5.26 Å². The number of nitriles is 1. The SMILES string of the molecule is N#Cc1ccccc1CS(=O)c1ccc(N)c(Cl)c1. The maximum Gasteiger partial charge on any atom is 0.0994 e. The fraction of sp³-hybridized carbons (Fsp3) is 0.0714. The first-order valence-electron chi connectivity index (χ1n) is 5.53. The number of hydrogen-bond donors (Lipinski definition) is 1. The molecule has 96 valence electrons.